The van der Waals surface area contributed by atoms with Crippen molar-refractivity contribution in [3.05, 3.63) is 28.2 Å². The molecule has 0 radical (unpaired) electrons. The predicted molar refractivity (Wildman–Crippen MR) is 81.5 cm³/mol. The third-order valence-corrected chi connectivity index (χ3v) is 6.47. The Labute approximate surface area is 129 Å². The summed E-state index contributed by atoms with van der Waals surface area (Å²) in [7, 11) is -3.62. The third kappa shape index (κ3) is 3.12. The number of benzene rings is 1. The number of sulfonamides is 1. The van der Waals surface area contributed by atoms with E-state index < -0.39 is 10.0 Å². The largest absolute Gasteiger partial charge is 0.330 e. The molecular weight excluding hydrogens is 319 g/mol. The fraction of sp³-hybridized carbons (Fsp3) is 0.538. The second-order valence-corrected chi connectivity index (χ2v) is 7.95. The smallest absolute Gasteiger partial charge is 0.244 e. The molecule has 1 saturated heterocycles. The normalized spacial score (nSPS) is 24.8. The molecule has 0 saturated carbocycles. The first-order valence-electron chi connectivity index (χ1n) is 6.51. The lowest BCUT2D eigenvalue weighted by Crippen LogP contribution is -2.45. The van der Waals surface area contributed by atoms with E-state index in [1.54, 1.807) is 6.07 Å². The standard InChI is InChI=1S/C13H18Cl2N2O2S/c1-9-4-5-17(8-10(9)7-16)20(18,19)13-6-11(14)2-3-12(13)15/h2-3,6,9-10H,4-5,7-8,16H2,1H3. The molecule has 2 atom stereocenters. The first-order chi connectivity index (χ1) is 9.36. The van der Waals surface area contributed by atoms with Gasteiger partial charge in [0.05, 0.1) is 5.02 Å². The molecule has 112 valence electrons. The zero-order chi connectivity index (χ0) is 14.9. The summed E-state index contributed by atoms with van der Waals surface area (Å²) in [5, 5.41) is 0.547. The van der Waals surface area contributed by atoms with Crippen molar-refractivity contribution in [2.24, 2.45) is 17.6 Å². The van der Waals surface area contributed by atoms with E-state index in [4.69, 9.17) is 28.9 Å². The van der Waals surface area contributed by atoms with E-state index in [1.807, 2.05) is 0 Å². The highest BCUT2D eigenvalue weighted by molar-refractivity contribution is 7.89. The lowest BCUT2D eigenvalue weighted by atomic mass is 9.88. The highest BCUT2D eigenvalue weighted by atomic mass is 35.5. The fourth-order valence-electron chi connectivity index (χ4n) is 2.46. The summed E-state index contributed by atoms with van der Waals surface area (Å²) in [5.41, 5.74) is 5.72. The molecule has 2 unspecified atom stereocenters. The fourth-order valence-corrected chi connectivity index (χ4v) is 4.70. The lowest BCUT2D eigenvalue weighted by molar-refractivity contribution is 0.203. The van der Waals surface area contributed by atoms with Gasteiger partial charge < -0.3 is 5.73 Å². The van der Waals surface area contributed by atoms with Crippen LogP contribution in [0.25, 0.3) is 0 Å². The van der Waals surface area contributed by atoms with Crippen molar-refractivity contribution in [1.29, 1.82) is 0 Å². The van der Waals surface area contributed by atoms with Crippen LogP contribution in [0.1, 0.15) is 13.3 Å². The second-order valence-electron chi connectivity index (χ2n) is 5.20. The Morgan fingerprint density at radius 2 is 2.10 bits per heavy atom. The Kier molecular flexibility index (Phi) is 4.97. The molecule has 1 aromatic rings. The Hall–Kier alpha value is -0.330. The molecule has 1 aliphatic rings. The van der Waals surface area contributed by atoms with Gasteiger partial charge in [0.1, 0.15) is 4.90 Å². The SMILES string of the molecule is CC1CCN(S(=O)(=O)c2cc(Cl)ccc2Cl)CC1CN. The van der Waals surface area contributed by atoms with Gasteiger partial charge in [-0.15, -0.1) is 0 Å². The van der Waals surface area contributed by atoms with Gasteiger partial charge in [-0.25, -0.2) is 8.42 Å². The first-order valence-corrected chi connectivity index (χ1v) is 8.71. The van der Waals surface area contributed by atoms with Crippen LogP contribution in [0, 0.1) is 11.8 Å². The van der Waals surface area contributed by atoms with Crippen LogP contribution in [0.15, 0.2) is 23.1 Å². The average molecular weight is 337 g/mol. The van der Waals surface area contributed by atoms with E-state index in [0.29, 0.717) is 30.6 Å². The minimum absolute atomic E-state index is 0.0667. The van der Waals surface area contributed by atoms with Crippen molar-refractivity contribution in [1.82, 2.24) is 4.31 Å². The topological polar surface area (TPSA) is 63.4 Å². The molecule has 20 heavy (non-hydrogen) atoms. The Bertz CT molecular complexity index is 592. The zero-order valence-corrected chi connectivity index (χ0v) is 13.5. The summed E-state index contributed by atoms with van der Waals surface area (Å²) < 4.78 is 26.8. The van der Waals surface area contributed by atoms with E-state index >= 15 is 0 Å². The molecule has 0 bridgehead atoms. The van der Waals surface area contributed by atoms with Crippen LogP contribution < -0.4 is 5.73 Å². The number of nitrogens with zero attached hydrogens (tertiary/aromatic N) is 1. The van der Waals surface area contributed by atoms with E-state index in [0.717, 1.165) is 6.42 Å². The minimum atomic E-state index is -3.62. The Morgan fingerprint density at radius 3 is 2.75 bits per heavy atom. The van der Waals surface area contributed by atoms with Crippen LogP contribution in [0.3, 0.4) is 0 Å². The summed E-state index contributed by atoms with van der Waals surface area (Å²) in [6, 6.07) is 4.47. The van der Waals surface area contributed by atoms with Gasteiger partial charge in [0.15, 0.2) is 0 Å². The Balaban J connectivity index is 2.33. The summed E-state index contributed by atoms with van der Waals surface area (Å²) >= 11 is 11.9. The van der Waals surface area contributed by atoms with Crippen LogP contribution in [-0.4, -0.2) is 32.4 Å². The van der Waals surface area contributed by atoms with Crippen LogP contribution >= 0.6 is 23.2 Å². The van der Waals surface area contributed by atoms with E-state index in [9.17, 15) is 8.42 Å². The van der Waals surface area contributed by atoms with Crippen molar-refractivity contribution in [2.45, 2.75) is 18.2 Å². The van der Waals surface area contributed by atoms with Crippen molar-refractivity contribution >= 4 is 33.2 Å². The molecule has 2 rings (SSSR count). The molecular formula is C13H18Cl2N2O2S. The molecule has 1 aliphatic heterocycles. The maximum absolute atomic E-state index is 12.7. The van der Waals surface area contributed by atoms with Crippen molar-refractivity contribution < 1.29 is 8.42 Å². The molecule has 0 aliphatic carbocycles. The summed E-state index contributed by atoms with van der Waals surface area (Å²) in [5.74, 6) is 0.609. The molecule has 0 spiro atoms. The zero-order valence-electron chi connectivity index (χ0n) is 11.2. The molecule has 7 heteroatoms. The third-order valence-electron chi connectivity index (χ3n) is 3.89. The van der Waals surface area contributed by atoms with E-state index in [-0.39, 0.29) is 15.8 Å². The monoisotopic (exact) mass is 336 g/mol. The molecule has 0 aromatic heterocycles. The maximum atomic E-state index is 12.7. The van der Waals surface area contributed by atoms with Gasteiger partial charge in [-0.05, 0) is 43.0 Å². The number of hydrogen-bond acceptors (Lipinski definition) is 3. The van der Waals surface area contributed by atoms with Crippen LogP contribution in [-0.2, 0) is 10.0 Å². The quantitative estimate of drug-likeness (QED) is 0.922. The first kappa shape index (κ1) is 16.0. The van der Waals surface area contributed by atoms with Gasteiger partial charge >= 0.3 is 0 Å². The van der Waals surface area contributed by atoms with E-state index in [2.05, 4.69) is 6.92 Å². The van der Waals surface area contributed by atoms with Gasteiger partial charge in [0.2, 0.25) is 10.0 Å². The molecule has 1 heterocycles. The van der Waals surface area contributed by atoms with Crippen molar-refractivity contribution in [2.75, 3.05) is 19.6 Å². The summed E-state index contributed by atoms with van der Waals surface area (Å²) in [6.45, 7) is 3.51. The van der Waals surface area contributed by atoms with Crippen LogP contribution in [0.2, 0.25) is 10.0 Å². The number of rotatable bonds is 3. The average Bonchev–Trinajstić information content (AvgIpc) is 2.41. The highest BCUT2D eigenvalue weighted by Gasteiger charge is 2.34. The number of nitrogens with two attached hydrogens (primary N) is 1. The van der Waals surface area contributed by atoms with Crippen molar-refractivity contribution in [3.8, 4) is 0 Å². The molecule has 1 fully saturated rings. The van der Waals surface area contributed by atoms with Gasteiger partial charge in [-0.2, -0.15) is 4.31 Å². The summed E-state index contributed by atoms with van der Waals surface area (Å²) in [6.07, 6.45) is 0.805. The molecule has 1 aromatic carbocycles. The maximum Gasteiger partial charge on any atom is 0.244 e. The minimum Gasteiger partial charge on any atom is -0.330 e. The predicted octanol–water partition coefficient (Wildman–Crippen LogP) is 2.60. The van der Waals surface area contributed by atoms with Crippen molar-refractivity contribution in [3.63, 3.8) is 0 Å². The molecule has 2 N–H and O–H groups in total. The second kappa shape index (κ2) is 6.20. The van der Waals surface area contributed by atoms with Crippen LogP contribution in [0.5, 0.6) is 0 Å². The highest BCUT2D eigenvalue weighted by Crippen LogP contribution is 2.31. The van der Waals surface area contributed by atoms with E-state index in [1.165, 1.54) is 16.4 Å². The molecule has 4 nitrogen and oxygen atoms in total. The summed E-state index contributed by atoms with van der Waals surface area (Å²) in [4.78, 5) is 0.0667. The van der Waals surface area contributed by atoms with Gasteiger partial charge in [-0.3, -0.25) is 0 Å². The lowest BCUT2D eigenvalue weighted by Gasteiger charge is -2.35. The number of halogens is 2. The van der Waals surface area contributed by atoms with Gasteiger partial charge in [-0.1, -0.05) is 30.1 Å². The molecule has 0 amide bonds. The van der Waals surface area contributed by atoms with Crippen LogP contribution in [0.4, 0.5) is 0 Å². The van der Waals surface area contributed by atoms with Gasteiger partial charge in [0, 0.05) is 18.1 Å². The number of piperidine rings is 1. The number of hydrogen-bond donors (Lipinski definition) is 1. The Morgan fingerprint density at radius 1 is 1.40 bits per heavy atom. The van der Waals surface area contributed by atoms with Gasteiger partial charge in [0.25, 0.3) is 0 Å².